The van der Waals surface area contributed by atoms with Gasteiger partial charge < -0.3 is 9.47 Å². The van der Waals surface area contributed by atoms with Crippen molar-refractivity contribution in [1.82, 2.24) is 5.32 Å². The molecule has 3 rings (SSSR count). The molecule has 3 aliphatic rings. The number of ether oxygens (including phenoxy) is 2. The van der Waals surface area contributed by atoms with E-state index in [1.807, 2.05) is 18.7 Å². The number of hydrogen-bond donors (Lipinski definition) is 1. The average molecular weight is 285 g/mol. The average Bonchev–Trinajstić information content (AvgIpc) is 3.04. The third-order valence-corrected chi connectivity index (χ3v) is 5.63. The Kier molecular flexibility index (Phi) is 4.06. The van der Waals surface area contributed by atoms with Crippen LogP contribution in [0.25, 0.3) is 0 Å². The van der Waals surface area contributed by atoms with E-state index in [-0.39, 0.29) is 5.97 Å². The van der Waals surface area contributed by atoms with Crippen molar-refractivity contribution in [2.75, 3.05) is 19.8 Å². The Balaban J connectivity index is 1.60. The topological polar surface area (TPSA) is 47.6 Å². The van der Waals surface area contributed by atoms with Crippen molar-refractivity contribution in [3.63, 3.8) is 0 Å². The lowest BCUT2D eigenvalue weighted by molar-refractivity contribution is -0.151. The van der Waals surface area contributed by atoms with Gasteiger partial charge in [-0.2, -0.15) is 11.8 Å². The molecule has 2 unspecified atom stereocenters. The van der Waals surface area contributed by atoms with Crippen molar-refractivity contribution in [3.05, 3.63) is 0 Å². The zero-order valence-corrected chi connectivity index (χ0v) is 12.3. The molecular weight excluding hydrogens is 262 g/mol. The second-order valence-corrected chi connectivity index (χ2v) is 7.49. The maximum absolute atomic E-state index is 12.3. The third-order valence-electron chi connectivity index (χ3n) is 4.19. The van der Waals surface area contributed by atoms with Crippen LogP contribution in [0.5, 0.6) is 0 Å². The van der Waals surface area contributed by atoms with Crippen LogP contribution in [0.2, 0.25) is 0 Å². The lowest BCUT2D eigenvalue weighted by Gasteiger charge is -2.30. The summed E-state index contributed by atoms with van der Waals surface area (Å²) in [5.41, 5.74) is -0.403. The summed E-state index contributed by atoms with van der Waals surface area (Å²) >= 11 is 2.01. The third kappa shape index (κ3) is 3.09. The van der Waals surface area contributed by atoms with Gasteiger partial charge in [-0.3, -0.25) is 10.1 Å². The van der Waals surface area contributed by atoms with Crippen LogP contribution in [0.4, 0.5) is 0 Å². The van der Waals surface area contributed by atoms with Crippen LogP contribution in [0.15, 0.2) is 0 Å². The summed E-state index contributed by atoms with van der Waals surface area (Å²) < 4.78 is 10.5. The van der Waals surface area contributed by atoms with Gasteiger partial charge in [0, 0.05) is 11.3 Å². The molecular formula is C14H23NO3S. The molecule has 1 aliphatic heterocycles. The van der Waals surface area contributed by atoms with Crippen LogP contribution < -0.4 is 5.32 Å². The van der Waals surface area contributed by atoms with Gasteiger partial charge in [0.15, 0.2) is 0 Å². The highest BCUT2D eigenvalue weighted by Crippen LogP contribution is 2.42. The zero-order chi connectivity index (χ0) is 13.3. The maximum atomic E-state index is 12.3. The van der Waals surface area contributed by atoms with Crippen LogP contribution in [0, 0.1) is 0 Å². The van der Waals surface area contributed by atoms with Gasteiger partial charge in [0.05, 0.1) is 25.1 Å². The van der Waals surface area contributed by atoms with E-state index in [0.717, 1.165) is 32.5 Å². The van der Waals surface area contributed by atoms with Gasteiger partial charge in [-0.15, -0.1) is 0 Å². The van der Waals surface area contributed by atoms with Gasteiger partial charge in [0.1, 0.15) is 5.54 Å². The first-order valence-electron chi connectivity index (χ1n) is 7.40. The fourth-order valence-electron chi connectivity index (χ4n) is 2.94. The maximum Gasteiger partial charge on any atom is 0.326 e. The molecule has 0 bridgehead atoms. The Morgan fingerprint density at radius 2 is 2.16 bits per heavy atom. The van der Waals surface area contributed by atoms with E-state index < -0.39 is 5.54 Å². The standard InChI is InChI=1S/C14H23NO3S/c1-2-18-13(16)14(15-10-3-4-10)6-5-11(7-14)19-12-8-17-9-12/h10-12,15H,2-9H2,1H3. The Hall–Kier alpha value is -0.260. The predicted octanol–water partition coefficient (Wildman–Crippen LogP) is 1.72. The zero-order valence-electron chi connectivity index (χ0n) is 11.5. The van der Waals surface area contributed by atoms with E-state index in [9.17, 15) is 4.79 Å². The molecule has 1 saturated heterocycles. The molecule has 5 heteroatoms. The molecule has 0 radical (unpaired) electrons. The number of carbonyl (C=O) groups is 1. The highest BCUT2D eigenvalue weighted by Gasteiger charge is 2.49. The van der Waals surface area contributed by atoms with Gasteiger partial charge in [0.25, 0.3) is 0 Å². The van der Waals surface area contributed by atoms with E-state index in [1.54, 1.807) is 0 Å². The quantitative estimate of drug-likeness (QED) is 0.753. The Labute approximate surface area is 119 Å². The summed E-state index contributed by atoms with van der Waals surface area (Å²) in [5, 5.41) is 4.79. The molecule has 0 spiro atoms. The number of thioether (sulfide) groups is 1. The number of carbonyl (C=O) groups excluding carboxylic acids is 1. The molecule has 2 aliphatic carbocycles. The number of nitrogens with one attached hydrogen (secondary N) is 1. The van der Waals surface area contributed by atoms with Crippen LogP contribution in [0.1, 0.15) is 39.0 Å². The second kappa shape index (κ2) is 5.62. The summed E-state index contributed by atoms with van der Waals surface area (Å²) in [5.74, 6) is -0.0325. The number of esters is 1. The molecule has 0 aromatic rings. The molecule has 1 heterocycles. The summed E-state index contributed by atoms with van der Waals surface area (Å²) in [4.78, 5) is 12.3. The second-order valence-electron chi connectivity index (χ2n) is 5.88. The van der Waals surface area contributed by atoms with E-state index in [2.05, 4.69) is 5.32 Å². The van der Waals surface area contributed by atoms with Gasteiger partial charge in [0.2, 0.25) is 0 Å². The smallest absolute Gasteiger partial charge is 0.326 e. The molecule has 3 fully saturated rings. The van der Waals surface area contributed by atoms with E-state index >= 15 is 0 Å². The molecule has 0 amide bonds. The largest absolute Gasteiger partial charge is 0.465 e. The minimum absolute atomic E-state index is 0.0325. The lowest BCUT2D eigenvalue weighted by Crippen LogP contribution is -2.52. The Morgan fingerprint density at radius 3 is 2.74 bits per heavy atom. The SMILES string of the molecule is CCOC(=O)C1(NC2CC2)CCC(SC2COC2)C1. The van der Waals surface area contributed by atoms with Crippen LogP contribution in [0.3, 0.4) is 0 Å². The van der Waals surface area contributed by atoms with Crippen LogP contribution >= 0.6 is 11.8 Å². The summed E-state index contributed by atoms with van der Waals surface area (Å²) in [6.07, 6.45) is 5.36. The molecule has 108 valence electrons. The Bertz CT molecular complexity index is 344. The van der Waals surface area contributed by atoms with E-state index in [4.69, 9.17) is 9.47 Å². The van der Waals surface area contributed by atoms with Crippen molar-refractivity contribution in [1.29, 1.82) is 0 Å². The fourth-order valence-corrected chi connectivity index (χ4v) is 4.47. The van der Waals surface area contributed by atoms with Gasteiger partial charge in [-0.25, -0.2) is 0 Å². The summed E-state index contributed by atoms with van der Waals surface area (Å²) in [6.45, 7) is 4.12. The van der Waals surface area contributed by atoms with Crippen molar-refractivity contribution in [2.45, 2.75) is 61.1 Å². The van der Waals surface area contributed by atoms with Gasteiger partial charge in [-0.05, 0) is 39.0 Å². The van der Waals surface area contributed by atoms with Gasteiger partial charge in [-0.1, -0.05) is 0 Å². The normalized spacial score (nSPS) is 35.1. The van der Waals surface area contributed by atoms with Crippen molar-refractivity contribution in [3.8, 4) is 0 Å². The molecule has 2 saturated carbocycles. The summed E-state index contributed by atoms with van der Waals surface area (Å²) in [6, 6.07) is 0.542. The van der Waals surface area contributed by atoms with Crippen molar-refractivity contribution in [2.24, 2.45) is 0 Å². The lowest BCUT2D eigenvalue weighted by atomic mass is 9.97. The molecule has 4 nitrogen and oxygen atoms in total. The first-order chi connectivity index (χ1) is 9.22. The van der Waals surface area contributed by atoms with Crippen molar-refractivity contribution < 1.29 is 14.3 Å². The Morgan fingerprint density at radius 1 is 1.37 bits per heavy atom. The minimum atomic E-state index is -0.403. The van der Waals surface area contributed by atoms with Crippen LogP contribution in [-0.4, -0.2) is 47.9 Å². The molecule has 0 aromatic heterocycles. The predicted molar refractivity (Wildman–Crippen MR) is 75.4 cm³/mol. The summed E-state index contributed by atoms with van der Waals surface area (Å²) in [7, 11) is 0. The van der Waals surface area contributed by atoms with E-state index in [0.29, 0.717) is 23.1 Å². The molecule has 19 heavy (non-hydrogen) atoms. The minimum Gasteiger partial charge on any atom is -0.465 e. The van der Waals surface area contributed by atoms with E-state index in [1.165, 1.54) is 12.8 Å². The first kappa shape index (κ1) is 13.7. The molecule has 0 aromatic carbocycles. The number of hydrogen-bond acceptors (Lipinski definition) is 5. The molecule has 2 atom stereocenters. The molecule has 1 N–H and O–H groups in total. The van der Waals surface area contributed by atoms with Crippen LogP contribution in [-0.2, 0) is 14.3 Å². The highest BCUT2D eigenvalue weighted by atomic mass is 32.2. The van der Waals surface area contributed by atoms with Crippen molar-refractivity contribution >= 4 is 17.7 Å². The van der Waals surface area contributed by atoms with Gasteiger partial charge >= 0.3 is 5.97 Å². The first-order valence-corrected chi connectivity index (χ1v) is 8.34. The number of rotatable bonds is 6. The highest BCUT2D eigenvalue weighted by molar-refractivity contribution is 8.00. The monoisotopic (exact) mass is 285 g/mol. The fraction of sp³-hybridized carbons (Fsp3) is 0.929.